The summed E-state index contributed by atoms with van der Waals surface area (Å²) in [6, 6.07) is 10.8. The van der Waals surface area contributed by atoms with Crippen molar-refractivity contribution in [1.82, 2.24) is 4.90 Å². The van der Waals surface area contributed by atoms with Gasteiger partial charge in [0.05, 0.1) is 18.8 Å². The van der Waals surface area contributed by atoms with Gasteiger partial charge >= 0.3 is 6.18 Å². The fourth-order valence-corrected chi connectivity index (χ4v) is 4.39. The molecule has 166 valence electrons. The Morgan fingerprint density at radius 2 is 1.74 bits per heavy atom. The highest BCUT2D eigenvalue weighted by atomic mass is 19.4. The van der Waals surface area contributed by atoms with Crippen LogP contribution in [-0.2, 0) is 17.5 Å². The molecule has 0 spiro atoms. The summed E-state index contributed by atoms with van der Waals surface area (Å²) < 4.78 is 49.9. The van der Waals surface area contributed by atoms with E-state index in [-0.39, 0.29) is 17.9 Å². The van der Waals surface area contributed by atoms with Crippen LogP contribution in [0.2, 0.25) is 0 Å². The van der Waals surface area contributed by atoms with Gasteiger partial charge in [-0.2, -0.15) is 13.2 Å². The summed E-state index contributed by atoms with van der Waals surface area (Å²) in [4.78, 5) is 14.3. The molecular weight excluding hydrogens is 407 g/mol. The molecule has 2 aromatic carbocycles. The Labute approximate surface area is 180 Å². The SMILES string of the molecule is COc1ccc([C@H]2CC(=O)N(Cc3ccc(C(F)(F)F)cc3)C2)cc1OC1CCCC1. The highest BCUT2D eigenvalue weighted by Crippen LogP contribution is 2.37. The normalized spacial score (nSPS) is 19.8. The predicted molar refractivity (Wildman–Crippen MR) is 110 cm³/mol. The molecule has 1 atom stereocenters. The molecule has 4 nitrogen and oxygen atoms in total. The summed E-state index contributed by atoms with van der Waals surface area (Å²) in [7, 11) is 1.61. The number of rotatable bonds is 6. The van der Waals surface area contributed by atoms with Crippen molar-refractivity contribution >= 4 is 5.91 Å². The van der Waals surface area contributed by atoms with Crippen LogP contribution in [0.4, 0.5) is 13.2 Å². The maximum atomic E-state index is 12.8. The minimum Gasteiger partial charge on any atom is -0.493 e. The van der Waals surface area contributed by atoms with Gasteiger partial charge in [0.2, 0.25) is 5.91 Å². The molecule has 0 unspecified atom stereocenters. The van der Waals surface area contributed by atoms with Crippen molar-refractivity contribution in [2.45, 2.75) is 56.8 Å². The number of carbonyl (C=O) groups excluding carboxylic acids is 1. The number of halogens is 3. The predicted octanol–water partition coefficient (Wildman–Crippen LogP) is 5.55. The van der Waals surface area contributed by atoms with E-state index in [1.54, 1.807) is 12.0 Å². The first kappa shape index (κ1) is 21.5. The molecule has 31 heavy (non-hydrogen) atoms. The monoisotopic (exact) mass is 433 g/mol. The molecule has 2 aliphatic rings. The zero-order valence-electron chi connectivity index (χ0n) is 17.5. The molecule has 1 aliphatic carbocycles. The van der Waals surface area contributed by atoms with Crippen LogP contribution >= 0.6 is 0 Å². The maximum Gasteiger partial charge on any atom is 0.416 e. The van der Waals surface area contributed by atoms with E-state index in [4.69, 9.17) is 9.47 Å². The summed E-state index contributed by atoms with van der Waals surface area (Å²) in [5.41, 5.74) is 1.01. The fourth-order valence-electron chi connectivity index (χ4n) is 4.39. The number of nitrogens with zero attached hydrogens (tertiary/aromatic N) is 1. The summed E-state index contributed by atoms with van der Waals surface area (Å²) in [5.74, 6) is 1.40. The number of carbonyl (C=O) groups is 1. The first-order chi connectivity index (χ1) is 14.8. The largest absolute Gasteiger partial charge is 0.493 e. The number of likely N-dealkylation sites (tertiary alicyclic amines) is 1. The van der Waals surface area contributed by atoms with Crippen LogP contribution in [-0.4, -0.2) is 30.6 Å². The molecule has 1 saturated heterocycles. The van der Waals surface area contributed by atoms with Crippen molar-refractivity contribution in [3.63, 3.8) is 0 Å². The standard InChI is InChI=1S/C24H26F3NO3/c1-30-21-11-8-17(12-22(21)31-20-4-2-3-5-20)18-13-23(29)28(15-18)14-16-6-9-19(10-7-16)24(25,26)27/h6-12,18,20H,2-5,13-15H2,1H3/t18-/m0/s1. The summed E-state index contributed by atoms with van der Waals surface area (Å²) in [6.07, 6.45) is 0.624. The first-order valence-corrected chi connectivity index (χ1v) is 10.6. The van der Waals surface area contributed by atoms with Gasteiger partial charge in [0, 0.05) is 25.4 Å². The zero-order chi connectivity index (χ0) is 22.0. The maximum absolute atomic E-state index is 12.8. The van der Waals surface area contributed by atoms with Gasteiger partial charge in [-0.25, -0.2) is 0 Å². The molecule has 7 heteroatoms. The zero-order valence-corrected chi connectivity index (χ0v) is 17.5. The summed E-state index contributed by atoms with van der Waals surface area (Å²) >= 11 is 0. The van der Waals surface area contributed by atoms with E-state index < -0.39 is 11.7 Å². The van der Waals surface area contributed by atoms with Gasteiger partial charge in [0.1, 0.15) is 0 Å². The first-order valence-electron chi connectivity index (χ1n) is 10.6. The van der Waals surface area contributed by atoms with E-state index in [0.29, 0.717) is 36.6 Å². The average molecular weight is 433 g/mol. The van der Waals surface area contributed by atoms with Crippen LogP contribution in [0, 0.1) is 0 Å². The van der Waals surface area contributed by atoms with Crippen LogP contribution in [0.25, 0.3) is 0 Å². The van der Waals surface area contributed by atoms with E-state index in [0.717, 1.165) is 30.5 Å². The van der Waals surface area contributed by atoms with Gasteiger partial charge in [0.25, 0.3) is 0 Å². The van der Waals surface area contributed by atoms with Crippen LogP contribution in [0.1, 0.15) is 54.7 Å². The number of ether oxygens (including phenoxy) is 2. The molecule has 0 bridgehead atoms. The third kappa shape index (κ3) is 4.97. The van der Waals surface area contributed by atoms with Crippen LogP contribution in [0.3, 0.4) is 0 Å². The molecule has 2 fully saturated rings. The summed E-state index contributed by atoms with van der Waals surface area (Å²) in [6.45, 7) is 0.824. The smallest absolute Gasteiger partial charge is 0.416 e. The lowest BCUT2D eigenvalue weighted by molar-refractivity contribution is -0.137. The van der Waals surface area contributed by atoms with Crippen molar-refractivity contribution in [2.24, 2.45) is 0 Å². The van der Waals surface area contributed by atoms with E-state index >= 15 is 0 Å². The van der Waals surface area contributed by atoms with Gasteiger partial charge in [-0.3, -0.25) is 4.79 Å². The third-order valence-corrected chi connectivity index (χ3v) is 6.12. The Hall–Kier alpha value is -2.70. The van der Waals surface area contributed by atoms with Gasteiger partial charge in [-0.05, 0) is 61.1 Å². The Morgan fingerprint density at radius 1 is 1.03 bits per heavy atom. The van der Waals surface area contributed by atoms with Gasteiger partial charge in [-0.1, -0.05) is 18.2 Å². The number of methoxy groups -OCH3 is 1. The number of hydrogen-bond acceptors (Lipinski definition) is 3. The van der Waals surface area contributed by atoms with E-state index in [2.05, 4.69) is 0 Å². The van der Waals surface area contributed by atoms with Gasteiger partial charge < -0.3 is 14.4 Å². The minimum absolute atomic E-state index is 0.000947. The second kappa shape index (κ2) is 8.81. The Kier molecular flexibility index (Phi) is 6.12. The minimum atomic E-state index is -4.36. The molecular formula is C24H26F3NO3. The van der Waals surface area contributed by atoms with Crippen molar-refractivity contribution < 1.29 is 27.4 Å². The van der Waals surface area contributed by atoms with Crippen LogP contribution in [0.15, 0.2) is 42.5 Å². The van der Waals surface area contributed by atoms with Crippen molar-refractivity contribution in [2.75, 3.05) is 13.7 Å². The lowest BCUT2D eigenvalue weighted by Crippen LogP contribution is -2.24. The van der Waals surface area contributed by atoms with Crippen molar-refractivity contribution in [1.29, 1.82) is 0 Å². The quantitative estimate of drug-likeness (QED) is 0.600. The molecule has 1 amide bonds. The molecule has 1 heterocycles. The topological polar surface area (TPSA) is 38.8 Å². The lowest BCUT2D eigenvalue weighted by Gasteiger charge is -2.19. The number of amides is 1. The fraction of sp³-hybridized carbons (Fsp3) is 0.458. The second-order valence-electron chi connectivity index (χ2n) is 8.30. The molecule has 2 aromatic rings. The Morgan fingerprint density at radius 3 is 2.39 bits per heavy atom. The number of alkyl halides is 3. The molecule has 0 radical (unpaired) electrons. The van der Waals surface area contributed by atoms with E-state index in [1.165, 1.54) is 25.0 Å². The highest BCUT2D eigenvalue weighted by molar-refractivity contribution is 5.79. The van der Waals surface area contributed by atoms with Gasteiger partial charge in [0.15, 0.2) is 11.5 Å². The third-order valence-electron chi connectivity index (χ3n) is 6.12. The highest BCUT2D eigenvalue weighted by Gasteiger charge is 2.32. The van der Waals surface area contributed by atoms with Gasteiger partial charge in [-0.15, -0.1) is 0 Å². The van der Waals surface area contributed by atoms with E-state index in [1.807, 2.05) is 18.2 Å². The second-order valence-corrected chi connectivity index (χ2v) is 8.30. The van der Waals surface area contributed by atoms with Crippen molar-refractivity contribution in [3.8, 4) is 11.5 Å². The number of hydrogen-bond donors (Lipinski definition) is 0. The number of benzene rings is 2. The Bertz CT molecular complexity index is 921. The Balaban J connectivity index is 1.45. The van der Waals surface area contributed by atoms with Crippen LogP contribution < -0.4 is 9.47 Å². The molecule has 0 N–H and O–H groups in total. The molecule has 1 aliphatic heterocycles. The molecule has 4 rings (SSSR count). The van der Waals surface area contributed by atoms with Crippen LogP contribution in [0.5, 0.6) is 11.5 Å². The average Bonchev–Trinajstić information content (AvgIpc) is 3.38. The molecule has 1 saturated carbocycles. The molecule has 0 aromatic heterocycles. The van der Waals surface area contributed by atoms with Crippen molar-refractivity contribution in [3.05, 3.63) is 59.2 Å². The lowest BCUT2D eigenvalue weighted by atomic mass is 9.98. The van der Waals surface area contributed by atoms with E-state index in [9.17, 15) is 18.0 Å². The summed E-state index contributed by atoms with van der Waals surface area (Å²) in [5, 5.41) is 0.